The van der Waals surface area contributed by atoms with Crippen molar-refractivity contribution >= 4 is 22.7 Å². The molecule has 3 nitrogen and oxygen atoms in total. The first-order valence-electron chi connectivity index (χ1n) is 4.90. The lowest BCUT2D eigenvalue weighted by Crippen LogP contribution is -1.85. The summed E-state index contributed by atoms with van der Waals surface area (Å²) in [6, 6.07) is 9.61. The second-order valence-electron chi connectivity index (χ2n) is 3.50. The molecule has 0 saturated carbocycles. The van der Waals surface area contributed by atoms with Crippen molar-refractivity contribution in [2.24, 2.45) is 0 Å². The molecule has 0 bridgehead atoms. The van der Waals surface area contributed by atoms with Gasteiger partial charge in [0.1, 0.15) is 11.8 Å². The highest BCUT2D eigenvalue weighted by Gasteiger charge is 2.03. The molecule has 2 aliphatic rings. The molecule has 4 heteroatoms. The standard InChI is InChI=1S/C12H9ClN2O/c13-8-5-10-11(14-6-8)7-16-12-4-2-1-3-9(12)15-10/h1-7,14-15H. The van der Waals surface area contributed by atoms with E-state index in [1.807, 2.05) is 30.3 Å². The molecule has 16 heavy (non-hydrogen) atoms. The molecule has 3 rings (SSSR count). The molecule has 2 aliphatic heterocycles. The average molecular weight is 233 g/mol. The van der Waals surface area contributed by atoms with Gasteiger partial charge in [-0.2, -0.15) is 0 Å². The molecule has 1 aromatic carbocycles. The van der Waals surface area contributed by atoms with Crippen molar-refractivity contribution in [2.45, 2.75) is 0 Å². The molecule has 0 saturated heterocycles. The summed E-state index contributed by atoms with van der Waals surface area (Å²) >= 11 is 5.93. The zero-order valence-corrected chi connectivity index (χ0v) is 9.08. The Morgan fingerprint density at radius 3 is 2.94 bits per heavy atom. The number of H-pyrrole nitrogens is 2. The van der Waals surface area contributed by atoms with Gasteiger partial charge >= 0.3 is 0 Å². The lowest BCUT2D eigenvalue weighted by Gasteiger charge is -2.00. The first kappa shape index (κ1) is 9.36. The van der Waals surface area contributed by atoms with Crippen molar-refractivity contribution < 1.29 is 4.42 Å². The lowest BCUT2D eigenvalue weighted by atomic mass is 10.3. The van der Waals surface area contributed by atoms with Gasteiger partial charge in [-0.05, 0) is 18.2 Å². The minimum atomic E-state index is 0.652. The summed E-state index contributed by atoms with van der Waals surface area (Å²) in [4.78, 5) is 6.33. The van der Waals surface area contributed by atoms with Crippen LogP contribution in [0.4, 0.5) is 0 Å². The summed E-state index contributed by atoms with van der Waals surface area (Å²) in [5.74, 6) is 0. The number of benzene rings is 1. The van der Waals surface area contributed by atoms with Gasteiger partial charge in [-0.3, -0.25) is 0 Å². The van der Waals surface area contributed by atoms with Gasteiger partial charge in [-0.1, -0.05) is 23.7 Å². The van der Waals surface area contributed by atoms with E-state index >= 15 is 0 Å². The van der Waals surface area contributed by atoms with Crippen molar-refractivity contribution in [2.75, 3.05) is 0 Å². The first-order valence-corrected chi connectivity index (χ1v) is 5.28. The van der Waals surface area contributed by atoms with Crippen LogP contribution in [-0.4, -0.2) is 9.97 Å². The quantitative estimate of drug-likeness (QED) is 0.605. The second kappa shape index (κ2) is 3.61. The second-order valence-corrected chi connectivity index (χ2v) is 3.94. The SMILES string of the molecule is Clc1c[nH]c2coc3ccccc3[nH]c-2c1. The van der Waals surface area contributed by atoms with E-state index in [0.29, 0.717) is 5.02 Å². The molecule has 0 fully saturated rings. The van der Waals surface area contributed by atoms with Crippen molar-refractivity contribution in [1.29, 1.82) is 0 Å². The summed E-state index contributed by atoms with van der Waals surface area (Å²) in [5.41, 5.74) is 3.48. The van der Waals surface area contributed by atoms with E-state index in [2.05, 4.69) is 9.97 Å². The fraction of sp³-hybridized carbons (Fsp3) is 0. The van der Waals surface area contributed by atoms with Gasteiger partial charge in [0.2, 0.25) is 0 Å². The molecule has 0 amide bonds. The molecule has 0 aliphatic carbocycles. The minimum Gasteiger partial charge on any atom is -0.461 e. The maximum atomic E-state index is 5.93. The van der Waals surface area contributed by atoms with Gasteiger partial charge < -0.3 is 14.4 Å². The number of pyridine rings is 1. The van der Waals surface area contributed by atoms with Gasteiger partial charge in [0.05, 0.1) is 21.9 Å². The van der Waals surface area contributed by atoms with Crippen LogP contribution in [0, 0.1) is 0 Å². The highest BCUT2D eigenvalue weighted by molar-refractivity contribution is 6.30. The molecule has 0 atom stereocenters. The van der Waals surface area contributed by atoms with Gasteiger partial charge in [0.15, 0.2) is 0 Å². The molecule has 1 aromatic rings. The molecule has 0 radical (unpaired) electrons. The maximum Gasteiger partial charge on any atom is 0.150 e. The number of hydrogen-bond donors (Lipinski definition) is 2. The van der Waals surface area contributed by atoms with E-state index in [9.17, 15) is 0 Å². The largest absolute Gasteiger partial charge is 0.461 e. The Labute approximate surface area is 96.7 Å². The van der Waals surface area contributed by atoms with Crippen LogP contribution in [0.2, 0.25) is 5.02 Å². The Kier molecular flexibility index (Phi) is 2.11. The van der Waals surface area contributed by atoms with Crippen LogP contribution in [0.5, 0.6) is 0 Å². The van der Waals surface area contributed by atoms with Crippen LogP contribution < -0.4 is 0 Å². The number of aromatic nitrogens is 2. The van der Waals surface area contributed by atoms with Gasteiger partial charge in [0, 0.05) is 6.20 Å². The zero-order valence-electron chi connectivity index (χ0n) is 8.33. The van der Waals surface area contributed by atoms with Crippen LogP contribution in [0.1, 0.15) is 0 Å². The summed E-state index contributed by atoms with van der Waals surface area (Å²) in [5, 5.41) is 0.652. The molecule has 0 spiro atoms. The van der Waals surface area contributed by atoms with Gasteiger partial charge in [-0.15, -0.1) is 0 Å². The molecular weight excluding hydrogens is 224 g/mol. The third kappa shape index (κ3) is 1.55. The van der Waals surface area contributed by atoms with Crippen LogP contribution in [0.3, 0.4) is 0 Å². The molecular formula is C12H9ClN2O. The zero-order chi connectivity index (χ0) is 11.0. The summed E-state index contributed by atoms with van der Waals surface area (Å²) in [6.45, 7) is 0. The highest BCUT2D eigenvalue weighted by atomic mass is 35.5. The average Bonchev–Trinajstić information content (AvgIpc) is 2.47. The van der Waals surface area contributed by atoms with E-state index in [4.69, 9.17) is 16.0 Å². The Morgan fingerprint density at radius 1 is 1.12 bits per heavy atom. The van der Waals surface area contributed by atoms with Gasteiger partial charge in [-0.25, -0.2) is 0 Å². The van der Waals surface area contributed by atoms with E-state index in [-0.39, 0.29) is 0 Å². The number of halogens is 1. The monoisotopic (exact) mass is 232 g/mol. The number of para-hydroxylation sites is 2. The minimum absolute atomic E-state index is 0.652. The fourth-order valence-electron chi connectivity index (χ4n) is 1.62. The maximum absolute atomic E-state index is 5.93. The molecule has 2 heterocycles. The topological polar surface area (TPSA) is 44.7 Å². The summed E-state index contributed by atoms with van der Waals surface area (Å²) < 4.78 is 5.55. The van der Waals surface area contributed by atoms with Crippen molar-refractivity contribution in [3.8, 4) is 11.4 Å². The Morgan fingerprint density at radius 2 is 2.00 bits per heavy atom. The van der Waals surface area contributed by atoms with Crippen molar-refractivity contribution in [1.82, 2.24) is 9.97 Å². The van der Waals surface area contributed by atoms with Crippen molar-refractivity contribution in [3.05, 3.63) is 47.8 Å². The molecule has 2 N–H and O–H groups in total. The van der Waals surface area contributed by atoms with E-state index in [0.717, 1.165) is 22.5 Å². The molecule has 80 valence electrons. The smallest absolute Gasteiger partial charge is 0.150 e. The van der Waals surface area contributed by atoms with Crippen LogP contribution >= 0.6 is 11.6 Å². The third-order valence-corrected chi connectivity index (χ3v) is 2.62. The summed E-state index contributed by atoms with van der Waals surface area (Å²) in [6.07, 6.45) is 3.39. The Bertz CT molecular complexity index is 648. The number of rotatable bonds is 0. The predicted octanol–water partition coefficient (Wildman–Crippen LogP) is 3.97. The molecule has 0 aromatic heterocycles. The predicted molar refractivity (Wildman–Crippen MR) is 64.2 cm³/mol. The number of fused-ring (bicyclic) bond motifs is 2. The highest BCUT2D eigenvalue weighted by Crippen LogP contribution is 2.22. The number of nitrogens with one attached hydrogen (secondary N) is 2. The van der Waals surface area contributed by atoms with E-state index in [1.165, 1.54) is 0 Å². The van der Waals surface area contributed by atoms with E-state index in [1.54, 1.807) is 12.5 Å². The van der Waals surface area contributed by atoms with Gasteiger partial charge in [0.25, 0.3) is 0 Å². The van der Waals surface area contributed by atoms with Crippen LogP contribution in [0.15, 0.2) is 47.2 Å². The van der Waals surface area contributed by atoms with E-state index < -0.39 is 0 Å². The number of hydrogen-bond acceptors (Lipinski definition) is 1. The van der Waals surface area contributed by atoms with Crippen molar-refractivity contribution in [3.63, 3.8) is 0 Å². The Hall–Kier alpha value is -1.87. The molecule has 0 unspecified atom stereocenters. The van der Waals surface area contributed by atoms with Crippen LogP contribution in [-0.2, 0) is 0 Å². The van der Waals surface area contributed by atoms with Crippen LogP contribution in [0.25, 0.3) is 22.5 Å². The number of aromatic amines is 2. The third-order valence-electron chi connectivity index (χ3n) is 2.40. The normalized spacial score (nSPS) is 10.8. The fourth-order valence-corrected chi connectivity index (χ4v) is 1.79. The first-order chi connectivity index (χ1) is 7.83. The Balaban J connectivity index is 2.45. The summed E-state index contributed by atoms with van der Waals surface area (Å²) in [7, 11) is 0. The lowest BCUT2D eigenvalue weighted by molar-refractivity contribution is 0.607.